The van der Waals surface area contributed by atoms with Crippen LogP contribution in [0, 0.1) is 18.6 Å². The van der Waals surface area contributed by atoms with Gasteiger partial charge in [-0.1, -0.05) is 13.0 Å². The van der Waals surface area contributed by atoms with Gasteiger partial charge in [-0.25, -0.2) is 8.78 Å². The fourth-order valence-electron chi connectivity index (χ4n) is 2.70. The van der Waals surface area contributed by atoms with E-state index in [0.29, 0.717) is 18.7 Å². The molecule has 1 heterocycles. The van der Waals surface area contributed by atoms with Crippen molar-refractivity contribution in [1.82, 2.24) is 10.2 Å². The van der Waals surface area contributed by atoms with Crippen molar-refractivity contribution in [2.75, 3.05) is 33.3 Å². The number of halogens is 2. The minimum atomic E-state index is -0.523. The SMILES string of the molecule is CCN1CCOC(C(NC)c2c(F)ccc(C)c2F)C1. The summed E-state index contributed by atoms with van der Waals surface area (Å²) in [6, 6.07) is 2.30. The minimum absolute atomic E-state index is 0.0791. The Bertz CT molecular complexity index is 467. The van der Waals surface area contributed by atoms with Crippen molar-refractivity contribution in [3.63, 3.8) is 0 Å². The molecule has 112 valence electrons. The average Bonchev–Trinajstić information content (AvgIpc) is 2.47. The van der Waals surface area contributed by atoms with Gasteiger partial charge in [0.25, 0.3) is 0 Å². The molecule has 20 heavy (non-hydrogen) atoms. The van der Waals surface area contributed by atoms with Crippen LogP contribution in [-0.4, -0.2) is 44.3 Å². The maximum atomic E-state index is 14.3. The Balaban J connectivity index is 2.30. The molecule has 0 aliphatic carbocycles. The first-order chi connectivity index (χ1) is 9.58. The summed E-state index contributed by atoms with van der Waals surface area (Å²) >= 11 is 0. The molecule has 0 aromatic heterocycles. The lowest BCUT2D eigenvalue weighted by molar-refractivity contribution is -0.0455. The molecular weight excluding hydrogens is 262 g/mol. The van der Waals surface area contributed by atoms with Crippen LogP contribution >= 0.6 is 0 Å². The van der Waals surface area contributed by atoms with E-state index in [1.54, 1.807) is 14.0 Å². The van der Waals surface area contributed by atoms with E-state index in [2.05, 4.69) is 17.1 Å². The van der Waals surface area contributed by atoms with Crippen LogP contribution in [-0.2, 0) is 4.74 Å². The van der Waals surface area contributed by atoms with Crippen molar-refractivity contribution >= 4 is 0 Å². The molecule has 0 radical (unpaired) electrons. The number of nitrogens with zero attached hydrogens (tertiary/aromatic N) is 1. The van der Waals surface area contributed by atoms with Gasteiger partial charge >= 0.3 is 0 Å². The van der Waals surface area contributed by atoms with Crippen LogP contribution in [0.25, 0.3) is 0 Å². The smallest absolute Gasteiger partial charge is 0.133 e. The molecular formula is C15H22F2N2O. The van der Waals surface area contributed by atoms with Crippen molar-refractivity contribution in [3.8, 4) is 0 Å². The molecule has 1 fully saturated rings. The monoisotopic (exact) mass is 284 g/mol. The van der Waals surface area contributed by atoms with E-state index in [1.807, 2.05) is 0 Å². The zero-order valence-electron chi connectivity index (χ0n) is 12.2. The lowest BCUT2D eigenvalue weighted by Crippen LogP contribution is -2.48. The zero-order chi connectivity index (χ0) is 14.7. The third kappa shape index (κ3) is 3.00. The Morgan fingerprint density at radius 1 is 1.45 bits per heavy atom. The van der Waals surface area contributed by atoms with E-state index in [4.69, 9.17) is 4.74 Å². The van der Waals surface area contributed by atoms with Crippen LogP contribution in [0.5, 0.6) is 0 Å². The molecule has 1 saturated heterocycles. The van der Waals surface area contributed by atoms with E-state index < -0.39 is 17.7 Å². The number of rotatable bonds is 4. The van der Waals surface area contributed by atoms with Gasteiger partial charge in [0.05, 0.1) is 18.8 Å². The van der Waals surface area contributed by atoms with Gasteiger partial charge in [0.2, 0.25) is 0 Å². The van der Waals surface area contributed by atoms with Crippen molar-refractivity contribution in [1.29, 1.82) is 0 Å². The molecule has 1 aromatic carbocycles. The fraction of sp³-hybridized carbons (Fsp3) is 0.600. The molecule has 2 rings (SSSR count). The second kappa shape index (κ2) is 6.61. The molecule has 2 atom stereocenters. The van der Waals surface area contributed by atoms with Gasteiger partial charge in [0, 0.05) is 18.7 Å². The molecule has 0 saturated carbocycles. The Morgan fingerprint density at radius 2 is 2.20 bits per heavy atom. The number of nitrogens with one attached hydrogen (secondary N) is 1. The van der Waals surface area contributed by atoms with Gasteiger partial charge in [-0.2, -0.15) is 0 Å². The third-order valence-corrected chi connectivity index (χ3v) is 3.94. The van der Waals surface area contributed by atoms with Gasteiger partial charge in [-0.05, 0) is 32.1 Å². The van der Waals surface area contributed by atoms with Gasteiger partial charge in [0.15, 0.2) is 0 Å². The molecule has 1 aromatic rings. The maximum absolute atomic E-state index is 14.3. The van der Waals surface area contributed by atoms with Crippen molar-refractivity contribution < 1.29 is 13.5 Å². The number of aryl methyl sites for hydroxylation is 1. The summed E-state index contributed by atoms with van der Waals surface area (Å²) in [5, 5.41) is 3.01. The van der Waals surface area contributed by atoms with Gasteiger partial charge in [0.1, 0.15) is 11.6 Å². The predicted molar refractivity (Wildman–Crippen MR) is 74.7 cm³/mol. The van der Waals surface area contributed by atoms with Gasteiger partial charge in [-0.15, -0.1) is 0 Å². The molecule has 0 amide bonds. The lowest BCUT2D eigenvalue weighted by Gasteiger charge is -2.36. The minimum Gasteiger partial charge on any atom is -0.374 e. The summed E-state index contributed by atoms with van der Waals surface area (Å²) in [5.74, 6) is -1.01. The molecule has 3 nitrogen and oxygen atoms in total. The van der Waals surface area contributed by atoms with Crippen LogP contribution in [0.1, 0.15) is 24.1 Å². The standard InChI is InChI=1S/C15H22F2N2O/c1-4-19-7-8-20-12(9-19)15(18-3)13-11(16)6-5-10(2)14(13)17/h5-6,12,15,18H,4,7-9H2,1-3H3. The summed E-state index contributed by atoms with van der Waals surface area (Å²) in [6.07, 6.45) is -0.250. The highest BCUT2D eigenvalue weighted by atomic mass is 19.1. The van der Waals surface area contributed by atoms with Crippen LogP contribution in [0.15, 0.2) is 12.1 Å². The average molecular weight is 284 g/mol. The van der Waals surface area contributed by atoms with Crippen LogP contribution in [0.3, 0.4) is 0 Å². The largest absolute Gasteiger partial charge is 0.374 e. The van der Waals surface area contributed by atoms with E-state index >= 15 is 0 Å². The molecule has 0 bridgehead atoms. The Labute approximate surface area is 118 Å². The first-order valence-electron chi connectivity index (χ1n) is 7.04. The first-order valence-corrected chi connectivity index (χ1v) is 7.04. The highest BCUT2D eigenvalue weighted by Crippen LogP contribution is 2.28. The van der Waals surface area contributed by atoms with E-state index in [1.165, 1.54) is 12.1 Å². The zero-order valence-corrected chi connectivity index (χ0v) is 12.2. The predicted octanol–water partition coefficient (Wildman–Crippen LogP) is 2.25. The summed E-state index contributed by atoms with van der Waals surface area (Å²) in [6.45, 7) is 6.76. The Hall–Kier alpha value is -1.04. The number of ether oxygens (including phenoxy) is 1. The lowest BCUT2D eigenvalue weighted by atomic mass is 9.97. The van der Waals surface area contributed by atoms with Crippen LogP contribution in [0.2, 0.25) is 0 Å². The Morgan fingerprint density at radius 3 is 2.85 bits per heavy atom. The summed E-state index contributed by atoms with van der Waals surface area (Å²) in [4.78, 5) is 2.23. The topological polar surface area (TPSA) is 24.5 Å². The number of benzene rings is 1. The maximum Gasteiger partial charge on any atom is 0.133 e. The van der Waals surface area contributed by atoms with Gasteiger partial charge < -0.3 is 10.1 Å². The molecule has 5 heteroatoms. The first kappa shape index (κ1) is 15.4. The van der Waals surface area contributed by atoms with Crippen molar-refractivity contribution in [2.45, 2.75) is 26.0 Å². The summed E-state index contributed by atoms with van der Waals surface area (Å²) in [7, 11) is 1.71. The van der Waals surface area contributed by atoms with Crippen LogP contribution < -0.4 is 5.32 Å². The molecule has 1 aliphatic rings. The summed E-state index contributed by atoms with van der Waals surface area (Å²) < 4.78 is 34.1. The normalized spacial score (nSPS) is 21.9. The number of hydrogen-bond acceptors (Lipinski definition) is 3. The third-order valence-electron chi connectivity index (χ3n) is 3.94. The molecule has 1 N–H and O–H groups in total. The highest BCUT2D eigenvalue weighted by Gasteiger charge is 2.31. The molecule has 1 aliphatic heterocycles. The van der Waals surface area contributed by atoms with Gasteiger partial charge in [-0.3, -0.25) is 4.90 Å². The number of likely N-dealkylation sites (N-methyl/N-ethyl adjacent to an activating group) is 2. The quantitative estimate of drug-likeness (QED) is 0.918. The van der Waals surface area contributed by atoms with E-state index in [9.17, 15) is 8.78 Å². The number of hydrogen-bond donors (Lipinski definition) is 1. The second-order valence-electron chi connectivity index (χ2n) is 5.16. The highest BCUT2D eigenvalue weighted by molar-refractivity contribution is 5.30. The Kier molecular flexibility index (Phi) is 5.07. The van der Waals surface area contributed by atoms with E-state index in [-0.39, 0.29) is 11.7 Å². The molecule has 2 unspecified atom stereocenters. The number of morpholine rings is 1. The van der Waals surface area contributed by atoms with E-state index in [0.717, 1.165) is 13.1 Å². The summed E-state index contributed by atoms with van der Waals surface area (Å²) in [5.41, 5.74) is 0.528. The van der Waals surface area contributed by atoms with Crippen molar-refractivity contribution in [3.05, 3.63) is 34.9 Å². The second-order valence-corrected chi connectivity index (χ2v) is 5.16. The van der Waals surface area contributed by atoms with Crippen molar-refractivity contribution in [2.24, 2.45) is 0 Å². The fourth-order valence-corrected chi connectivity index (χ4v) is 2.70. The molecule has 0 spiro atoms. The van der Waals surface area contributed by atoms with Crippen LogP contribution in [0.4, 0.5) is 8.78 Å².